The molecule has 0 aliphatic carbocycles. The van der Waals surface area contributed by atoms with E-state index in [-0.39, 0.29) is 17.9 Å². The minimum atomic E-state index is -0.347. The number of esters is 1. The van der Waals surface area contributed by atoms with Crippen LogP contribution in [0.5, 0.6) is 11.5 Å². The molecule has 5 heteroatoms. The molecule has 0 aliphatic rings. The van der Waals surface area contributed by atoms with Crippen LogP contribution in [0.3, 0.4) is 0 Å². The van der Waals surface area contributed by atoms with Gasteiger partial charge in [0.1, 0.15) is 17.6 Å². The Hall–Kier alpha value is -3.47. The number of Topliss-reactive ketones (excluding diaryl/α,β-unsaturated/α-hetero) is 1. The number of ether oxygens (including phenoxy) is 2. The average Bonchev–Trinajstić information content (AvgIpc) is 2.78. The van der Waals surface area contributed by atoms with Gasteiger partial charge < -0.3 is 9.47 Å². The predicted molar refractivity (Wildman–Crippen MR) is 125 cm³/mol. The monoisotopic (exact) mass is 431 g/mol. The fourth-order valence-corrected chi connectivity index (χ4v) is 3.45. The highest BCUT2D eigenvalue weighted by atomic mass is 16.5. The summed E-state index contributed by atoms with van der Waals surface area (Å²) in [6.45, 7) is 6.98. The number of hydrogen-bond donors (Lipinski definition) is 0. The number of carbonyl (C=O) groups is 2. The molecule has 3 rings (SSSR count). The van der Waals surface area contributed by atoms with E-state index >= 15 is 0 Å². The van der Waals surface area contributed by atoms with Crippen molar-refractivity contribution in [1.82, 2.24) is 4.98 Å². The van der Waals surface area contributed by atoms with E-state index in [1.807, 2.05) is 61.5 Å². The van der Waals surface area contributed by atoms with Crippen molar-refractivity contribution in [3.05, 3.63) is 77.5 Å². The summed E-state index contributed by atoms with van der Waals surface area (Å²) in [5.41, 5.74) is 4.16. The van der Waals surface area contributed by atoms with Crippen molar-refractivity contribution in [3.63, 3.8) is 0 Å². The molecule has 0 saturated carbocycles. The fraction of sp³-hybridized carbons (Fsp3) is 0.296. The molecule has 32 heavy (non-hydrogen) atoms. The first-order valence-electron chi connectivity index (χ1n) is 10.9. The Morgan fingerprint density at radius 3 is 2.38 bits per heavy atom. The zero-order chi connectivity index (χ0) is 23.1. The molecule has 166 valence electrons. The predicted octanol–water partition coefficient (Wildman–Crippen LogP) is 6.50. The first kappa shape index (κ1) is 23.2. The molecule has 0 N–H and O–H groups in total. The first-order valence-corrected chi connectivity index (χ1v) is 10.9. The van der Waals surface area contributed by atoms with Crippen molar-refractivity contribution in [3.8, 4) is 22.8 Å². The highest BCUT2D eigenvalue weighted by molar-refractivity contribution is 5.94. The minimum Gasteiger partial charge on any atom is -0.484 e. The quantitative estimate of drug-likeness (QED) is 0.220. The van der Waals surface area contributed by atoms with Crippen LogP contribution in [0.4, 0.5) is 0 Å². The Bertz CT molecular complexity index is 1090. The van der Waals surface area contributed by atoms with E-state index in [1.165, 1.54) is 6.92 Å². The molecule has 0 radical (unpaired) electrons. The van der Waals surface area contributed by atoms with Crippen molar-refractivity contribution in [2.45, 2.75) is 53.1 Å². The maximum atomic E-state index is 11.6. The summed E-state index contributed by atoms with van der Waals surface area (Å²) in [7, 11) is 0. The summed E-state index contributed by atoms with van der Waals surface area (Å²) in [6, 6.07) is 18.8. The Balaban J connectivity index is 1.86. The van der Waals surface area contributed by atoms with E-state index < -0.39 is 0 Å². The van der Waals surface area contributed by atoms with Crippen LogP contribution in [0, 0.1) is 6.92 Å². The van der Waals surface area contributed by atoms with Crippen molar-refractivity contribution in [2.24, 2.45) is 0 Å². The maximum Gasteiger partial charge on any atom is 0.308 e. The molecule has 2 aromatic carbocycles. The molecule has 0 bridgehead atoms. The molecule has 3 aromatic rings. The summed E-state index contributed by atoms with van der Waals surface area (Å²) >= 11 is 0. The van der Waals surface area contributed by atoms with Gasteiger partial charge in [0, 0.05) is 18.1 Å². The van der Waals surface area contributed by atoms with Gasteiger partial charge in [0.2, 0.25) is 0 Å². The van der Waals surface area contributed by atoms with Gasteiger partial charge in [0.25, 0.3) is 0 Å². The second kappa shape index (κ2) is 10.7. The number of aryl methyl sites for hydroxylation is 1. The standard InChI is InChI=1S/C27H29NO4/c1-5-6-10-27(32-23-15-16-26(18(2)17-23)31-20(4)30)25-9-7-8-24(28-25)22-13-11-21(12-14-22)19(3)29/h7-9,11-17,27H,5-6,10H2,1-4H3. The van der Waals surface area contributed by atoms with Crippen LogP contribution < -0.4 is 9.47 Å². The maximum absolute atomic E-state index is 11.6. The van der Waals surface area contributed by atoms with Gasteiger partial charge in [-0.3, -0.25) is 9.59 Å². The molecule has 0 amide bonds. The number of hydrogen-bond acceptors (Lipinski definition) is 5. The van der Waals surface area contributed by atoms with Gasteiger partial charge in [-0.05, 0) is 62.6 Å². The SMILES string of the molecule is CCCCC(Oc1ccc(OC(C)=O)c(C)c1)c1cccc(-c2ccc(C(C)=O)cc2)n1. The Morgan fingerprint density at radius 1 is 1.00 bits per heavy atom. The van der Waals surface area contributed by atoms with Gasteiger partial charge in [-0.2, -0.15) is 0 Å². The molecule has 0 fully saturated rings. The molecule has 5 nitrogen and oxygen atoms in total. The highest BCUT2D eigenvalue weighted by Crippen LogP contribution is 2.30. The average molecular weight is 432 g/mol. The zero-order valence-electron chi connectivity index (χ0n) is 19.1. The third kappa shape index (κ3) is 6.03. The van der Waals surface area contributed by atoms with Gasteiger partial charge in [-0.1, -0.05) is 43.7 Å². The van der Waals surface area contributed by atoms with Gasteiger partial charge in [0.15, 0.2) is 5.78 Å². The van der Waals surface area contributed by atoms with Crippen LogP contribution in [0.15, 0.2) is 60.7 Å². The lowest BCUT2D eigenvalue weighted by molar-refractivity contribution is -0.131. The van der Waals surface area contributed by atoms with E-state index in [1.54, 1.807) is 13.0 Å². The van der Waals surface area contributed by atoms with Crippen LogP contribution in [0.2, 0.25) is 0 Å². The second-order valence-corrected chi connectivity index (χ2v) is 7.85. The van der Waals surface area contributed by atoms with Crippen LogP contribution >= 0.6 is 0 Å². The zero-order valence-corrected chi connectivity index (χ0v) is 19.1. The van der Waals surface area contributed by atoms with Crippen molar-refractivity contribution in [1.29, 1.82) is 0 Å². The molecular weight excluding hydrogens is 402 g/mol. The van der Waals surface area contributed by atoms with Gasteiger partial charge >= 0.3 is 5.97 Å². The van der Waals surface area contributed by atoms with E-state index in [2.05, 4.69) is 6.92 Å². The van der Waals surface area contributed by atoms with E-state index in [4.69, 9.17) is 14.5 Å². The number of rotatable bonds is 9. The molecular formula is C27H29NO4. The Kier molecular flexibility index (Phi) is 7.77. The van der Waals surface area contributed by atoms with Crippen molar-refractivity contribution < 1.29 is 19.1 Å². The third-order valence-corrected chi connectivity index (χ3v) is 5.19. The molecule has 0 spiro atoms. The summed E-state index contributed by atoms with van der Waals surface area (Å²) < 4.78 is 11.6. The lowest BCUT2D eigenvalue weighted by atomic mass is 10.0. The van der Waals surface area contributed by atoms with Gasteiger partial charge in [-0.15, -0.1) is 0 Å². The number of ketones is 1. The Morgan fingerprint density at radius 2 is 1.75 bits per heavy atom. The van der Waals surface area contributed by atoms with Gasteiger partial charge in [-0.25, -0.2) is 4.98 Å². The molecule has 1 heterocycles. The fourth-order valence-electron chi connectivity index (χ4n) is 3.45. The number of pyridine rings is 1. The van der Waals surface area contributed by atoms with E-state index in [0.717, 1.165) is 41.8 Å². The highest BCUT2D eigenvalue weighted by Gasteiger charge is 2.17. The van der Waals surface area contributed by atoms with E-state index in [9.17, 15) is 9.59 Å². The molecule has 1 aromatic heterocycles. The second-order valence-electron chi connectivity index (χ2n) is 7.85. The number of aromatic nitrogens is 1. The summed E-state index contributed by atoms with van der Waals surface area (Å²) in [4.78, 5) is 27.7. The number of carbonyl (C=O) groups excluding carboxylic acids is 2. The summed E-state index contributed by atoms with van der Waals surface area (Å²) in [5.74, 6) is 0.933. The molecule has 0 saturated heterocycles. The van der Waals surface area contributed by atoms with Crippen LogP contribution in [0.25, 0.3) is 11.3 Å². The number of benzene rings is 2. The topological polar surface area (TPSA) is 65.5 Å². The van der Waals surface area contributed by atoms with Crippen LogP contribution in [-0.4, -0.2) is 16.7 Å². The lowest BCUT2D eigenvalue weighted by Crippen LogP contribution is -2.10. The molecule has 0 aliphatic heterocycles. The van der Waals surface area contributed by atoms with Crippen molar-refractivity contribution in [2.75, 3.05) is 0 Å². The molecule has 1 atom stereocenters. The smallest absolute Gasteiger partial charge is 0.308 e. The van der Waals surface area contributed by atoms with Crippen molar-refractivity contribution >= 4 is 11.8 Å². The lowest BCUT2D eigenvalue weighted by Gasteiger charge is -2.20. The van der Waals surface area contributed by atoms with Crippen LogP contribution in [0.1, 0.15) is 67.8 Å². The van der Waals surface area contributed by atoms with E-state index in [0.29, 0.717) is 17.1 Å². The van der Waals surface area contributed by atoms with Gasteiger partial charge in [0.05, 0.1) is 11.4 Å². The largest absolute Gasteiger partial charge is 0.484 e. The normalized spacial score (nSPS) is 11.6. The first-order chi connectivity index (χ1) is 15.4. The number of nitrogens with zero attached hydrogens (tertiary/aromatic N) is 1. The van der Waals surface area contributed by atoms with Crippen LogP contribution in [-0.2, 0) is 4.79 Å². The number of unbranched alkanes of at least 4 members (excludes halogenated alkanes) is 1. The Labute approximate surface area is 189 Å². The summed E-state index contributed by atoms with van der Waals surface area (Å²) in [6.07, 6.45) is 2.69. The third-order valence-electron chi connectivity index (χ3n) is 5.19. The minimum absolute atomic E-state index is 0.0429. The molecule has 1 unspecified atom stereocenters. The summed E-state index contributed by atoms with van der Waals surface area (Å²) in [5, 5.41) is 0.